The Balaban J connectivity index is 2.07. The van der Waals surface area contributed by atoms with Crippen LogP contribution in [0.3, 0.4) is 0 Å². The molecule has 2 N–H and O–H groups in total. The molecule has 0 unspecified atom stereocenters. The number of nitrogens with zero attached hydrogens (tertiary/aromatic N) is 1. The van der Waals surface area contributed by atoms with Crippen LogP contribution in [0.1, 0.15) is 5.56 Å². The van der Waals surface area contributed by atoms with E-state index in [1.807, 2.05) is 31.1 Å². The molecule has 1 aromatic rings. The van der Waals surface area contributed by atoms with E-state index in [1.165, 1.54) is 0 Å². The van der Waals surface area contributed by atoms with E-state index in [2.05, 4.69) is 5.32 Å². The molecule has 1 aliphatic rings. The zero-order valence-electron chi connectivity index (χ0n) is 9.73. The Hall–Kier alpha value is -1.26. The summed E-state index contributed by atoms with van der Waals surface area (Å²) in [6.07, 6.45) is 0.275. The third-order valence-corrected chi connectivity index (χ3v) is 2.58. The second-order valence-corrected chi connectivity index (χ2v) is 4.43. The first-order valence-electron chi connectivity index (χ1n) is 5.49. The van der Waals surface area contributed by atoms with Gasteiger partial charge in [-0.15, -0.1) is 0 Å². The summed E-state index contributed by atoms with van der Waals surface area (Å²) in [6.45, 7) is 2.53. The molecule has 0 bridgehead atoms. The number of hydrogen-bond donors (Lipinski definition) is 2. The van der Waals surface area contributed by atoms with E-state index >= 15 is 0 Å². The molecule has 0 aliphatic carbocycles. The van der Waals surface area contributed by atoms with Gasteiger partial charge in [-0.1, -0.05) is 0 Å². The Bertz CT molecular complexity index is 362. The molecule has 2 rings (SSSR count). The van der Waals surface area contributed by atoms with Crippen LogP contribution in [0.25, 0.3) is 0 Å². The predicted molar refractivity (Wildman–Crippen MR) is 62.8 cm³/mol. The number of nitrogens with one attached hydrogen (secondary N) is 1. The molecule has 1 fully saturated rings. The lowest BCUT2D eigenvalue weighted by Gasteiger charge is -2.28. The highest BCUT2D eigenvalue weighted by Gasteiger charge is 2.18. The standard InChI is InChI=1S/C12H18N2O2/c1-14(2)8-9-5-10(3-4-12(9)15)16-11-6-13-7-11/h3-5,11,13,15H,6-8H2,1-2H3. The molecule has 1 heterocycles. The number of rotatable bonds is 4. The smallest absolute Gasteiger partial charge is 0.123 e. The summed E-state index contributed by atoms with van der Waals surface area (Å²) in [4.78, 5) is 2.02. The van der Waals surface area contributed by atoms with Gasteiger partial charge < -0.3 is 20.1 Å². The fourth-order valence-electron chi connectivity index (χ4n) is 1.64. The lowest BCUT2D eigenvalue weighted by atomic mass is 10.1. The topological polar surface area (TPSA) is 44.7 Å². The van der Waals surface area contributed by atoms with Gasteiger partial charge in [0.2, 0.25) is 0 Å². The molecule has 0 atom stereocenters. The van der Waals surface area contributed by atoms with Gasteiger partial charge >= 0.3 is 0 Å². The van der Waals surface area contributed by atoms with E-state index in [0.29, 0.717) is 12.3 Å². The molecule has 1 aliphatic heterocycles. The van der Waals surface area contributed by atoms with Crippen molar-refractivity contribution >= 4 is 0 Å². The van der Waals surface area contributed by atoms with Crippen LogP contribution in [-0.4, -0.2) is 43.3 Å². The van der Waals surface area contributed by atoms with Gasteiger partial charge in [-0.2, -0.15) is 0 Å². The van der Waals surface area contributed by atoms with Crippen molar-refractivity contribution in [3.05, 3.63) is 23.8 Å². The van der Waals surface area contributed by atoms with E-state index in [0.717, 1.165) is 24.4 Å². The first-order valence-corrected chi connectivity index (χ1v) is 5.49. The van der Waals surface area contributed by atoms with Crippen molar-refractivity contribution in [1.82, 2.24) is 10.2 Å². The van der Waals surface area contributed by atoms with Crippen LogP contribution < -0.4 is 10.1 Å². The van der Waals surface area contributed by atoms with Gasteiger partial charge in [-0.05, 0) is 32.3 Å². The van der Waals surface area contributed by atoms with Crippen molar-refractivity contribution in [2.24, 2.45) is 0 Å². The van der Waals surface area contributed by atoms with Crippen molar-refractivity contribution < 1.29 is 9.84 Å². The predicted octanol–water partition coefficient (Wildman–Crippen LogP) is 0.804. The fraction of sp³-hybridized carbons (Fsp3) is 0.500. The van der Waals surface area contributed by atoms with Crippen molar-refractivity contribution in [2.75, 3.05) is 27.2 Å². The Labute approximate surface area is 95.8 Å². The summed E-state index contributed by atoms with van der Waals surface area (Å²) in [5.74, 6) is 1.16. The van der Waals surface area contributed by atoms with Gasteiger partial charge in [0.25, 0.3) is 0 Å². The minimum atomic E-state index is 0.275. The molecule has 0 amide bonds. The zero-order valence-corrected chi connectivity index (χ0v) is 9.73. The lowest BCUT2D eigenvalue weighted by Crippen LogP contribution is -2.50. The SMILES string of the molecule is CN(C)Cc1cc(OC2CNC2)ccc1O. The lowest BCUT2D eigenvalue weighted by molar-refractivity contribution is 0.142. The molecule has 0 spiro atoms. The normalized spacial score (nSPS) is 16.2. The van der Waals surface area contributed by atoms with E-state index < -0.39 is 0 Å². The number of hydrogen-bond acceptors (Lipinski definition) is 4. The molecule has 88 valence electrons. The number of phenolic OH excluding ortho intramolecular Hbond substituents is 1. The van der Waals surface area contributed by atoms with E-state index in [1.54, 1.807) is 6.07 Å². The van der Waals surface area contributed by atoms with Crippen LogP contribution in [0.2, 0.25) is 0 Å². The molecule has 16 heavy (non-hydrogen) atoms. The minimum Gasteiger partial charge on any atom is -0.508 e. The molecule has 0 radical (unpaired) electrons. The Morgan fingerprint density at radius 2 is 2.19 bits per heavy atom. The molecule has 1 aromatic carbocycles. The summed E-state index contributed by atoms with van der Waals surface area (Å²) < 4.78 is 5.74. The van der Waals surface area contributed by atoms with Gasteiger partial charge in [0.1, 0.15) is 17.6 Å². The van der Waals surface area contributed by atoms with Crippen molar-refractivity contribution in [1.29, 1.82) is 0 Å². The molecule has 4 nitrogen and oxygen atoms in total. The largest absolute Gasteiger partial charge is 0.508 e. The van der Waals surface area contributed by atoms with Crippen LogP contribution in [0, 0.1) is 0 Å². The summed E-state index contributed by atoms with van der Waals surface area (Å²) in [5.41, 5.74) is 0.898. The molecule has 0 saturated carbocycles. The van der Waals surface area contributed by atoms with Crippen molar-refractivity contribution in [3.8, 4) is 11.5 Å². The number of phenols is 1. The first kappa shape index (κ1) is 11.2. The van der Waals surface area contributed by atoms with E-state index in [9.17, 15) is 5.11 Å². The second kappa shape index (κ2) is 4.72. The Morgan fingerprint density at radius 3 is 2.75 bits per heavy atom. The van der Waals surface area contributed by atoms with Gasteiger partial charge in [0.15, 0.2) is 0 Å². The van der Waals surface area contributed by atoms with Crippen molar-refractivity contribution in [2.45, 2.75) is 12.6 Å². The monoisotopic (exact) mass is 222 g/mol. The third-order valence-electron chi connectivity index (χ3n) is 2.58. The molecule has 1 saturated heterocycles. The van der Waals surface area contributed by atoms with Crippen LogP contribution in [0.5, 0.6) is 11.5 Å². The van der Waals surface area contributed by atoms with Crippen LogP contribution >= 0.6 is 0 Å². The quantitative estimate of drug-likeness (QED) is 0.791. The number of aromatic hydroxyl groups is 1. The van der Waals surface area contributed by atoms with E-state index in [-0.39, 0.29) is 6.10 Å². The molecule has 0 aromatic heterocycles. The highest BCUT2D eigenvalue weighted by molar-refractivity contribution is 5.39. The van der Waals surface area contributed by atoms with Crippen molar-refractivity contribution in [3.63, 3.8) is 0 Å². The summed E-state index contributed by atoms with van der Waals surface area (Å²) in [7, 11) is 3.95. The van der Waals surface area contributed by atoms with E-state index in [4.69, 9.17) is 4.74 Å². The average molecular weight is 222 g/mol. The maximum atomic E-state index is 9.69. The van der Waals surface area contributed by atoms with Crippen LogP contribution in [-0.2, 0) is 6.54 Å². The summed E-state index contributed by atoms with van der Waals surface area (Å²) in [5, 5.41) is 12.9. The average Bonchev–Trinajstić information content (AvgIpc) is 2.15. The van der Waals surface area contributed by atoms with Crippen LogP contribution in [0.15, 0.2) is 18.2 Å². The Morgan fingerprint density at radius 1 is 1.44 bits per heavy atom. The number of benzene rings is 1. The molecular weight excluding hydrogens is 204 g/mol. The first-order chi connectivity index (χ1) is 7.65. The van der Waals surface area contributed by atoms with Gasteiger partial charge in [0, 0.05) is 25.2 Å². The molecule has 4 heteroatoms. The fourth-order valence-corrected chi connectivity index (χ4v) is 1.64. The zero-order chi connectivity index (χ0) is 11.5. The third kappa shape index (κ3) is 2.65. The summed E-state index contributed by atoms with van der Waals surface area (Å²) in [6, 6.07) is 5.42. The maximum Gasteiger partial charge on any atom is 0.123 e. The highest BCUT2D eigenvalue weighted by Crippen LogP contribution is 2.24. The highest BCUT2D eigenvalue weighted by atomic mass is 16.5. The van der Waals surface area contributed by atoms with Gasteiger partial charge in [-0.25, -0.2) is 0 Å². The van der Waals surface area contributed by atoms with Gasteiger partial charge in [-0.3, -0.25) is 0 Å². The van der Waals surface area contributed by atoms with Gasteiger partial charge in [0.05, 0.1) is 0 Å². The number of ether oxygens (including phenoxy) is 1. The maximum absolute atomic E-state index is 9.69. The second-order valence-electron chi connectivity index (χ2n) is 4.43. The molecular formula is C12H18N2O2. The van der Waals surface area contributed by atoms with Crippen LogP contribution in [0.4, 0.5) is 0 Å². The summed E-state index contributed by atoms with van der Waals surface area (Å²) >= 11 is 0. The Kier molecular flexibility index (Phi) is 3.31. The minimum absolute atomic E-state index is 0.275.